The normalized spacial score (nSPS) is 23.8. The summed E-state index contributed by atoms with van der Waals surface area (Å²) in [4.78, 5) is 25.2. The number of carbonyl (C=O) groups excluding carboxylic acids is 2. The van der Waals surface area contributed by atoms with Gasteiger partial charge < -0.3 is 24.1 Å². The van der Waals surface area contributed by atoms with Gasteiger partial charge >= 0.3 is 5.97 Å². The van der Waals surface area contributed by atoms with Gasteiger partial charge in [0.15, 0.2) is 18.0 Å². The first-order chi connectivity index (χ1) is 17.5. The molecule has 7 nitrogen and oxygen atoms in total. The van der Waals surface area contributed by atoms with Crippen molar-refractivity contribution in [3.8, 4) is 0 Å². The highest BCUT2D eigenvalue weighted by Gasteiger charge is 2.53. The predicted molar refractivity (Wildman–Crippen MR) is 132 cm³/mol. The van der Waals surface area contributed by atoms with Crippen molar-refractivity contribution in [3.05, 3.63) is 108 Å². The first-order valence-electron chi connectivity index (χ1n) is 11.9. The second-order valence-corrected chi connectivity index (χ2v) is 8.66. The second-order valence-electron chi connectivity index (χ2n) is 8.66. The number of Topliss-reactive ketones (excluding diaryl/α,β-unsaturated/α-hetero) is 1. The molecule has 3 aromatic carbocycles. The molecule has 0 amide bonds. The standard InChI is InChI=1S/C29H30O7/c1-20(30)36-27-25(32)24(31)26(33-17-21-11-5-2-6-12-21)28(34-18-22-13-7-3-8-14-22)29(27)35-19-23-15-9-4-10-16-23/h2-16,25-29,32H,17-19H2,1H3/t25-,26-,27-,28-,29-/m0/s1. The lowest BCUT2D eigenvalue weighted by molar-refractivity contribution is -0.227. The third-order valence-corrected chi connectivity index (χ3v) is 5.97. The van der Waals surface area contributed by atoms with E-state index in [0.29, 0.717) is 0 Å². The van der Waals surface area contributed by atoms with Gasteiger partial charge in [0.2, 0.25) is 0 Å². The highest BCUT2D eigenvalue weighted by Crippen LogP contribution is 2.30. The number of ether oxygens (including phenoxy) is 4. The molecule has 1 N–H and O–H groups in total. The summed E-state index contributed by atoms with van der Waals surface area (Å²) in [6, 6.07) is 28.4. The minimum Gasteiger partial charge on any atom is -0.456 e. The third-order valence-electron chi connectivity index (χ3n) is 5.97. The molecule has 7 heteroatoms. The van der Waals surface area contributed by atoms with Crippen LogP contribution in [0.1, 0.15) is 23.6 Å². The zero-order chi connectivity index (χ0) is 25.3. The van der Waals surface area contributed by atoms with Gasteiger partial charge in [-0.15, -0.1) is 0 Å². The van der Waals surface area contributed by atoms with Crippen molar-refractivity contribution in [1.29, 1.82) is 0 Å². The summed E-state index contributed by atoms with van der Waals surface area (Å²) in [5, 5.41) is 10.9. The average molecular weight is 491 g/mol. The van der Waals surface area contributed by atoms with E-state index in [1.807, 2.05) is 91.0 Å². The van der Waals surface area contributed by atoms with E-state index in [9.17, 15) is 14.7 Å². The monoisotopic (exact) mass is 490 g/mol. The van der Waals surface area contributed by atoms with Crippen LogP contribution in [0.25, 0.3) is 0 Å². The van der Waals surface area contributed by atoms with Crippen LogP contribution in [0.15, 0.2) is 91.0 Å². The van der Waals surface area contributed by atoms with Crippen molar-refractivity contribution >= 4 is 11.8 Å². The van der Waals surface area contributed by atoms with E-state index in [-0.39, 0.29) is 19.8 Å². The molecule has 0 aliphatic heterocycles. The summed E-state index contributed by atoms with van der Waals surface area (Å²) in [6.07, 6.45) is -5.87. The van der Waals surface area contributed by atoms with E-state index >= 15 is 0 Å². The number of aliphatic hydroxyl groups excluding tert-OH is 1. The zero-order valence-corrected chi connectivity index (χ0v) is 20.1. The Balaban J connectivity index is 1.62. The first kappa shape index (κ1) is 25.7. The minimum atomic E-state index is -1.62. The summed E-state index contributed by atoms with van der Waals surface area (Å²) in [6.45, 7) is 1.71. The fraction of sp³-hybridized carbons (Fsp3) is 0.310. The Bertz CT molecular complexity index is 1100. The molecule has 0 saturated heterocycles. The van der Waals surface area contributed by atoms with Gasteiger partial charge in [-0.05, 0) is 16.7 Å². The van der Waals surface area contributed by atoms with E-state index in [4.69, 9.17) is 18.9 Å². The van der Waals surface area contributed by atoms with Crippen molar-refractivity contribution in [1.82, 2.24) is 0 Å². The van der Waals surface area contributed by atoms with Crippen molar-refractivity contribution in [3.63, 3.8) is 0 Å². The maximum atomic E-state index is 13.3. The molecule has 0 spiro atoms. The van der Waals surface area contributed by atoms with Gasteiger partial charge in [-0.2, -0.15) is 0 Å². The molecule has 1 saturated carbocycles. The SMILES string of the molecule is CC(=O)O[C@@H]1[C@H](OCc2ccccc2)[C@@H](OCc2ccccc2)[C@@H](OCc2ccccc2)C(=O)[C@@H]1O. The van der Waals surface area contributed by atoms with Crippen LogP contribution >= 0.6 is 0 Å². The summed E-state index contributed by atoms with van der Waals surface area (Å²) in [5.74, 6) is -1.25. The van der Waals surface area contributed by atoms with Crippen LogP contribution in [-0.2, 0) is 48.4 Å². The van der Waals surface area contributed by atoms with Gasteiger partial charge in [-0.1, -0.05) is 91.0 Å². The number of carbonyl (C=O) groups is 2. The smallest absolute Gasteiger partial charge is 0.303 e. The minimum absolute atomic E-state index is 0.138. The summed E-state index contributed by atoms with van der Waals surface area (Å²) < 4.78 is 23.8. The summed E-state index contributed by atoms with van der Waals surface area (Å²) in [7, 11) is 0. The van der Waals surface area contributed by atoms with Crippen molar-refractivity contribution in [2.75, 3.05) is 0 Å². The van der Waals surface area contributed by atoms with Gasteiger partial charge in [-0.25, -0.2) is 0 Å². The van der Waals surface area contributed by atoms with Crippen LogP contribution < -0.4 is 0 Å². The van der Waals surface area contributed by atoms with Gasteiger partial charge in [0.1, 0.15) is 18.3 Å². The van der Waals surface area contributed by atoms with Crippen LogP contribution in [0.3, 0.4) is 0 Å². The zero-order valence-electron chi connectivity index (χ0n) is 20.1. The summed E-state index contributed by atoms with van der Waals surface area (Å²) in [5.41, 5.74) is 2.64. The van der Waals surface area contributed by atoms with Crippen LogP contribution in [0, 0.1) is 0 Å². The molecule has 0 aromatic heterocycles. The largest absolute Gasteiger partial charge is 0.456 e. The molecular weight excluding hydrogens is 460 g/mol. The molecule has 0 radical (unpaired) electrons. The second kappa shape index (κ2) is 12.6. The Morgan fingerprint density at radius 3 is 1.53 bits per heavy atom. The van der Waals surface area contributed by atoms with E-state index in [0.717, 1.165) is 16.7 Å². The predicted octanol–water partition coefficient (Wildman–Crippen LogP) is 3.62. The maximum Gasteiger partial charge on any atom is 0.303 e. The molecule has 5 atom stereocenters. The maximum absolute atomic E-state index is 13.3. The van der Waals surface area contributed by atoms with E-state index in [1.54, 1.807) is 0 Å². The van der Waals surface area contributed by atoms with Crippen molar-refractivity contribution < 1.29 is 33.6 Å². The molecule has 4 rings (SSSR count). The van der Waals surface area contributed by atoms with Crippen molar-refractivity contribution in [2.24, 2.45) is 0 Å². The van der Waals surface area contributed by atoms with Crippen LogP contribution in [0.5, 0.6) is 0 Å². The molecular formula is C29H30O7. The molecule has 3 aromatic rings. The quantitative estimate of drug-likeness (QED) is 0.434. The number of hydrogen-bond donors (Lipinski definition) is 1. The average Bonchev–Trinajstić information content (AvgIpc) is 2.91. The Hall–Kier alpha value is -3.36. The van der Waals surface area contributed by atoms with Gasteiger partial charge in [-0.3, -0.25) is 9.59 Å². The van der Waals surface area contributed by atoms with Crippen LogP contribution in [0.4, 0.5) is 0 Å². The number of benzene rings is 3. The molecule has 0 bridgehead atoms. The Labute approximate surface area is 210 Å². The molecule has 0 heterocycles. The summed E-state index contributed by atoms with van der Waals surface area (Å²) >= 11 is 0. The lowest BCUT2D eigenvalue weighted by Crippen LogP contribution is -2.64. The van der Waals surface area contributed by atoms with Crippen LogP contribution in [-0.4, -0.2) is 47.4 Å². The van der Waals surface area contributed by atoms with E-state index in [2.05, 4.69) is 0 Å². The number of aliphatic hydroxyl groups is 1. The Morgan fingerprint density at radius 2 is 1.08 bits per heavy atom. The van der Waals surface area contributed by atoms with Crippen LogP contribution in [0.2, 0.25) is 0 Å². The molecule has 1 aliphatic carbocycles. The van der Waals surface area contributed by atoms with E-state index in [1.165, 1.54) is 6.92 Å². The van der Waals surface area contributed by atoms with Gasteiger partial charge in [0, 0.05) is 6.92 Å². The highest BCUT2D eigenvalue weighted by molar-refractivity contribution is 5.90. The fourth-order valence-corrected chi connectivity index (χ4v) is 4.20. The lowest BCUT2D eigenvalue weighted by atomic mass is 9.85. The topological polar surface area (TPSA) is 91.3 Å². The number of hydrogen-bond acceptors (Lipinski definition) is 7. The first-order valence-corrected chi connectivity index (χ1v) is 11.9. The molecule has 0 unspecified atom stereocenters. The van der Waals surface area contributed by atoms with Gasteiger partial charge in [0.05, 0.1) is 19.8 Å². The Morgan fingerprint density at radius 1 is 0.667 bits per heavy atom. The van der Waals surface area contributed by atoms with Gasteiger partial charge in [0.25, 0.3) is 0 Å². The Kier molecular flexibility index (Phi) is 8.97. The number of esters is 1. The number of rotatable bonds is 10. The highest BCUT2D eigenvalue weighted by atomic mass is 16.6. The molecule has 36 heavy (non-hydrogen) atoms. The third kappa shape index (κ3) is 6.65. The van der Waals surface area contributed by atoms with E-state index < -0.39 is 42.3 Å². The molecule has 188 valence electrons. The van der Waals surface area contributed by atoms with Crippen molar-refractivity contribution in [2.45, 2.75) is 57.3 Å². The fourth-order valence-electron chi connectivity index (χ4n) is 4.20. The molecule has 1 fully saturated rings. The number of ketones is 1. The molecule has 1 aliphatic rings. The lowest BCUT2D eigenvalue weighted by Gasteiger charge is -2.42.